The van der Waals surface area contributed by atoms with Gasteiger partial charge in [-0.15, -0.1) is 0 Å². The number of nitrogens with two attached hydrogens (primary N) is 1. The van der Waals surface area contributed by atoms with Gasteiger partial charge >= 0.3 is 0 Å². The molecular formula is C17H24N4O. The van der Waals surface area contributed by atoms with Gasteiger partial charge in [-0.2, -0.15) is 0 Å². The van der Waals surface area contributed by atoms with Gasteiger partial charge < -0.3 is 5.73 Å². The van der Waals surface area contributed by atoms with Crippen molar-refractivity contribution in [3.05, 3.63) is 29.6 Å². The van der Waals surface area contributed by atoms with E-state index in [4.69, 9.17) is 5.73 Å². The van der Waals surface area contributed by atoms with Crippen LogP contribution in [0.2, 0.25) is 0 Å². The SMILES string of the molecule is NCC1NNC(=O)C2CCC(c3cncc(C4CC4)c3)CC12. The molecule has 5 heteroatoms. The van der Waals surface area contributed by atoms with Gasteiger partial charge in [0, 0.05) is 30.9 Å². The van der Waals surface area contributed by atoms with Gasteiger partial charge in [-0.1, -0.05) is 6.07 Å². The largest absolute Gasteiger partial charge is 0.329 e. The lowest BCUT2D eigenvalue weighted by atomic mass is 9.68. The zero-order valence-electron chi connectivity index (χ0n) is 12.8. The topological polar surface area (TPSA) is 80.0 Å². The number of rotatable bonds is 3. The molecule has 0 spiro atoms. The van der Waals surface area contributed by atoms with Crippen molar-refractivity contribution in [3.63, 3.8) is 0 Å². The second-order valence-corrected chi connectivity index (χ2v) is 7.08. The van der Waals surface area contributed by atoms with Crippen LogP contribution in [-0.2, 0) is 4.79 Å². The molecule has 4 rings (SSSR count). The molecule has 1 saturated heterocycles. The summed E-state index contributed by atoms with van der Waals surface area (Å²) >= 11 is 0. The molecule has 4 unspecified atom stereocenters. The normalized spacial score (nSPS) is 34.9. The van der Waals surface area contributed by atoms with Crippen LogP contribution in [0.1, 0.15) is 55.1 Å². The third-order valence-corrected chi connectivity index (χ3v) is 5.69. The lowest BCUT2D eigenvalue weighted by molar-refractivity contribution is -0.133. The molecule has 0 bridgehead atoms. The van der Waals surface area contributed by atoms with E-state index in [2.05, 4.69) is 21.9 Å². The maximum atomic E-state index is 12.1. The molecule has 0 radical (unpaired) electrons. The Morgan fingerprint density at radius 1 is 1.14 bits per heavy atom. The second kappa shape index (κ2) is 5.63. The van der Waals surface area contributed by atoms with Crippen LogP contribution in [0, 0.1) is 11.8 Å². The first-order valence-corrected chi connectivity index (χ1v) is 8.46. The fraction of sp³-hybridized carbons (Fsp3) is 0.647. The lowest BCUT2D eigenvalue weighted by Crippen LogP contribution is -2.62. The van der Waals surface area contributed by atoms with Crippen molar-refractivity contribution in [2.45, 2.75) is 50.0 Å². The number of hydrazine groups is 1. The molecular weight excluding hydrogens is 276 g/mol. The highest BCUT2D eigenvalue weighted by Gasteiger charge is 2.42. The van der Waals surface area contributed by atoms with Crippen LogP contribution in [0.25, 0.3) is 0 Å². The zero-order chi connectivity index (χ0) is 15.1. The van der Waals surface area contributed by atoms with Crippen molar-refractivity contribution < 1.29 is 4.79 Å². The number of carbonyl (C=O) groups excluding carboxylic acids is 1. The highest BCUT2D eigenvalue weighted by Crippen LogP contribution is 2.44. The zero-order valence-corrected chi connectivity index (χ0v) is 12.8. The number of amides is 1. The molecule has 3 fully saturated rings. The third kappa shape index (κ3) is 2.52. The number of pyridine rings is 1. The van der Waals surface area contributed by atoms with E-state index >= 15 is 0 Å². The van der Waals surface area contributed by atoms with Gasteiger partial charge in [-0.25, -0.2) is 5.43 Å². The molecule has 2 aliphatic carbocycles. The number of aromatic nitrogens is 1. The lowest BCUT2D eigenvalue weighted by Gasteiger charge is -2.43. The van der Waals surface area contributed by atoms with Gasteiger partial charge in [0.05, 0.1) is 0 Å². The van der Waals surface area contributed by atoms with E-state index in [1.165, 1.54) is 24.0 Å². The summed E-state index contributed by atoms with van der Waals surface area (Å²) < 4.78 is 0. The summed E-state index contributed by atoms with van der Waals surface area (Å²) in [4.78, 5) is 16.5. The Bertz CT molecular complexity index is 572. The van der Waals surface area contributed by atoms with Crippen molar-refractivity contribution in [1.82, 2.24) is 15.8 Å². The summed E-state index contributed by atoms with van der Waals surface area (Å²) in [5.74, 6) is 1.84. The Labute approximate surface area is 131 Å². The summed E-state index contributed by atoms with van der Waals surface area (Å²) in [7, 11) is 0. The fourth-order valence-corrected chi connectivity index (χ4v) is 4.22. The van der Waals surface area contributed by atoms with Crippen molar-refractivity contribution >= 4 is 5.91 Å². The molecule has 1 aliphatic heterocycles. The van der Waals surface area contributed by atoms with Crippen LogP contribution < -0.4 is 16.6 Å². The summed E-state index contributed by atoms with van der Waals surface area (Å²) in [6, 6.07) is 2.54. The van der Waals surface area contributed by atoms with Crippen LogP contribution in [0.3, 0.4) is 0 Å². The maximum absolute atomic E-state index is 12.1. The van der Waals surface area contributed by atoms with E-state index in [-0.39, 0.29) is 17.9 Å². The summed E-state index contributed by atoms with van der Waals surface area (Å²) in [6.07, 6.45) is 9.70. The second-order valence-electron chi connectivity index (χ2n) is 7.08. The Hall–Kier alpha value is -1.46. The molecule has 1 aromatic rings. The minimum Gasteiger partial charge on any atom is -0.329 e. The Kier molecular flexibility index (Phi) is 3.62. The van der Waals surface area contributed by atoms with Crippen LogP contribution in [0.15, 0.2) is 18.5 Å². The van der Waals surface area contributed by atoms with Crippen LogP contribution >= 0.6 is 0 Å². The average Bonchev–Trinajstić information content (AvgIpc) is 3.40. The Morgan fingerprint density at radius 2 is 1.86 bits per heavy atom. The van der Waals surface area contributed by atoms with Gasteiger partial charge in [0.15, 0.2) is 0 Å². The number of hydrogen-bond acceptors (Lipinski definition) is 4. The van der Waals surface area contributed by atoms with E-state index in [9.17, 15) is 4.79 Å². The van der Waals surface area contributed by atoms with Gasteiger partial charge in [0.2, 0.25) is 5.91 Å². The third-order valence-electron chi connectivity index (χ3n) is 5.69. The number of nitrogens with one attached hydrogen (secondary N) is 2. The van der Waals surface area contributed by atoms with Crippen LogP contribution in [0.5, 0.6) is 0 Å². The van der Waals surface area contributed by atoms with Crippen molar-refractivity contribution in [1.29, 1.82) is 0 Å². The Balaban J connectivity index is 1.54. The number of carbonyl (C=O) groups is 1. The standard InChI is InChI=1S/C17H24N4O/c18-7-16-15-6-11(3-4-14(15)17(22)21-20-16)13-5-12(8-19-9-13)10-1-2-10/h5,8-11,14-16,20H,1-4,6-7,18H2,(H,21,22). The van der Waals surface area contributed by atoms with E-state index in [0.717, 1.165) is 25.2 Å². The molecule has 1 amide bonds. The Morgan fingerprint density at radius 3 is 2.59 bits per heavy atom. The first kappa shape index (κ1) is 14.2. The minimum atomic E-state index is 0.116. The molecule has 4 N–H and O–H groups in total. The monoisotopic (exact) mass is 300 g/mol. The quantitative estimate of drug-likeness (QED) is 0.789. The van der Waals surface area contributed by atoms with Crippen LogP contribution in [0.4, 0.5) is 0 Å². The predicted molar refractivity (Wildman–Crippen MR) is 83.9 cm³/mol. The van der Waals surface area contributed by atoms with E-state index < -0.39 is 0 Å². The molecule has 2 heterocycles. The molecule has 4 atom stereocenters. The number of nitrogens with zero attached hydrogens (tertiary/aromatic N) is 1. The van der Waals surface area contributed by atoms with Crippen molar-refractivity contribution in [2.24, 2.45) is 17.6 Å². The number of fused-ring (bicyclic) bond motifs is 1. The van der Waals surface area contributed by atoms with E-state index in [1.54, 1.807) is 0 Å². The highest BCUT2D eigenvalue weighted by molar-refractivity contribution is 5.79. The molecule has 0 aromatic carbocycles. The number of hydrogen-bond donors (Lipinski definition) is 3. The molecule has 5 nitrogen and oxygen atoms in total. The van der Waals surface area contributed by atoms with Gasteiger partial charge in [-0.3, -0.25) is 15.2 Å². The van der Waals surface area contributed by atoms with Crippen LogP contribution in [-0.4, -0.2) is 23.5 Å². The molecule has 3 aliphatic rings. The highest BCUT2D eigenvalue weighted by atomic mass is 16.2. The molecule has 2 saturated carbocycles. The predicted octanol–water partition coefficient (Wildman–Crippen LogP) is 1.42. The molecule has 1 aromatic heterocycles. The first-order chi connectivity index (χ1) is 10.8. The van der Waals surface area contributed by atoms with Crippen molar-refractivity contribution in [3.8, 4) is 0 Å². The minimum absolute atomic E-state index is 0.116. The summed E-state index contributed by atoms with van der Waals surface area (Å²) in [5, 5.41) is 0. The molecule has 22 heavy (non-hydrogen) atoms. The van der Waals surface area contributed by atoms with Gasteiger partial charge in [-0.05, 0) is 61.0 Å². The van der Waals surface area contributed by atoms with Crippen molar-refractivity contribution in [2.75, 3.05) is 6.54 Å². The van der Waals surface area contributed by atoms with Gasteiger partial charge in [0.25, 0.3) is 0 Å². The van der Waals surface area contributed by atoms with E-state index in [1.807, 2.05) is 12.4 Å². The van der Waals surface area contributed by atoms with E-state index in [0.29, 0.717) is 18.4 Å². The smallest absolute Gasteiger partial charge is 0.237 e. The maximum Gasteiger partial charge on any atom is 0.237 e. The molecule has 118 valence electrons. The first-order valence-electron chi connectivity index (χ1n) is 8.46. The summed E-state index contributed by atoms with van der Waals surface area (Å²) in [6.45, 7) is 0.564. The van der Waals surface area contributed by atoms with Gasteiger partial charge in [0.1, 0.15) is 0 Å². The summed E-state index contributed by atoms with van der Waals surface area (Å²) in [5.41, 5.74) is 14.5. The average molecular weight is 300 g/mol. The fourth-order valence-electron chi connectivity index (χ4n) is 4.22.